The molecule has 124 valence electrons. The second-order valence-electron chi connectivity index (χ2n) is 5.57. The Morgan fingerprint density at radius 3 is 2.32 bits per heavy atom. The zero-order valence-corrected chi connectivity index (χ0v) is 12.9. The lowest BCUT2D eigenvalue weighted by atomic mass is 9.96. The highest BCUT2D eigenvalue weighted by molar-refractivity contribution is 7.89. The lowest BCUT2D eigenvalue weighted by Gasteiger charge is -2.36. The molecule has 1 fully saturated rings. The summed E-state index contributed by atoms with van der Waals surface area (Å²) >= 11 is 0. The van der Waals surface area contributed by atoms with Crippen LogP contribution in [0.2, 0.25) is 0 Å². The first kappa shape index (κ1) is 17.2. The van der Waals surface area contributed by atoms with E-state index in [0.717, 1.165) is 30.7 Å². The van der Waals surface area contributed by atoms with Crippen LogP contribution in [0.25, 0.3) is 0 Å². The molecular weight excluding hydrogens is 319 g/mol. The number of piperidine rings is 1. The van der Waals surface area contributed by atoms with Crippen molar-refractivity contribution in [1.29, 1.82) is 0 Å². The predicted octanol–water partition coefficient (Wildman–Crippen LogP) is 2.49. The Morgan fingerprint density at radius 1 is 1.23 bits per heavy atom. The molecule has 0 radical (unpaired) electrons. The van der Waals surface area contributed by atoms with Crippen LogP contribution in [0.5, 0.6) is 0 Å². The maximum atomic E-state index is 12.6. The van der Waals surface area contributed by atoms with Crippen LogP contribution in [0.15, 0.2) is 29.2 Å². The first-order chi connectivity index (χ1) is 10.2. The Hall–Kier alpha value is -1.12. The monoisotopic (exact) mass is 337 g/mol. The summed E-state index contributed by atoms with van der Waals surface area (Å²) in [5.41, 5.74) is -0.883. The summed E-state index contributed by atoms with van der Waals surface area (Å²) in [6.07, 6.45) is -3.15. The van der Waals surface area contributed by atoms with E-state index in [-0.39, 0.29) is 30.0 Å². The van der Waals surface area contributed by atoms with E-state index in [1.807, 2.05) is 0 Å². The SMILES string of the molecule is CC1CCC(CO)CN1S(=O)(=O)c1ccc(C(F)(F)F)cc1. The molecule has 1 aliphatic rings. The van der Waals surface area contributed by atoms with Gasteiger partial charge in [-0.25, -0.2) is 8.42 Å². The van der Waals surface area contributed by atoms with Crippen molar-refractivity contribution in [2.24, 2.45) is 5.92 Å². The maximum absolute atomic E-state index is 12.6. The average Bonchev–Trinajstić information content (AvgIpc) is 2.47. The molecule has 1 aromatic carbocycles. The van der Waals surface area contributed by atoms with Crippen molar-refractivity contribution in [3.8, 4) is 0 Å². The number of halogens is 3. The van der Waals surface area contributed by atoms with Crippen LogP contribution in [0.3, 0.4) is 0 Å². The van der Waals surface area contributed by atoms with Crippen LogP contribution in [0, 0.1) is 5.92 Å². The zero-order valence-electron chi connectivity index (χ0n) is 12.0. The molecule has 2 rings (SSSR count). The molecule has 8 heteroatoms. The van der Waals surface area contributed by atoms with Crippen LogP contribution in [0.1, 0.15) is 25.3 Å². The quantitative estimate of drug-likeness (QED) is 0.922. The standard InChI is InChI=1S/C14H18F3NO3S/c1-10-2-3-11(9-19)8-18(10)22(20,21)13-6-4-12(5-7-13)14(15,16)17/h4-7,10-11,19H,2-3,8-9H2,1H3. The van der Waals surface area contributed by atoms with Crippen molar-refractivity contribution in [3.63, 3.8) is 0 Å². The van der Waals surface area contributed by atoms with Crippen LogP contribution in [0.4, 0.5) is 13.2 Å². The molecule has 0 aliphatic carbocycles. The first-order valence-corrected chi connectivity index (χ1v) is 8.40. The van der Waals surface area contributed by atoms with Gasteiger partial charge in [0.25, 0.3) is 0 Å². The average molecular weight is 337 g/mol. The Bertz CT molecular complexity index is 613. The van der Waals surface area contributed by atoms with Crippen LogP contribution in [-0.4, -0.2) is 37.0 Å². The van der Waals surface area contributed by atoms with Gasteiger partial charge in [0.05, 0.1) is 10.5 Å². The Balaban J connectivity index is 2.29. The van der Waals surface area contributed by atoms with Gasteiger partial charge in [-0.3, -0.25) is 0 Å². The topological polar surface area (TPSA) is 57.6 Å². The number of sulfonamides is 1. The van der Waals surface area contributed by atoms with Gasteiger partial charge in [0.15, 0.2) is 0 Å². The van der Waals surface area contributed by atoms with E-state index in [0.29, 0.717) is 6.42 Å². The predicted molar refractivity (Wildman–Crippen MR) is 74.6 cm³/mol. The van der Waals surface area contributed by atoms with Crippen LogP contribution >= 0.6 is 0 Å². The van der Waals surface area contributed by atoms with E-state index in [1.165, 1.54) is 4.31 Å². The van der Waals surface area contributed by atoms with E-state index in [2.05, 4.69) is 0 Å². The van der Waals surface area contributed by atoms with E-state index >= 15 is 0 Å². The minimum absolute atomic E-state index is 0.105. The van der Waals surface area contributed by atoms with Gasteiger partial charge in [0, 0.05) is 19.2 Å². The lowest BCUT2D eigenvalue weighted by molar-refractivity contribution is -0.137. The number of alkyl halides is 3. The van der Waals surface area contributed by atoms with E-state index in [4.69, 9.17) is 0 Å². The van der Waals surface area contributed by atoms with Crippen LogP contribution < -0.4 is 0 Å². The number of rotatable bonds is 3. The number of hydrogen-bond acceptors (Lipinski definition) is 3. The van der Waals surface area contributed by atoms with Gasteiger partial charge in [0.1, 0.15) is 0 Å². The lowest BCUT2D eigenvalue weighted by Crippen LogP contribution is -2.46. The van der Waals surface area contributed by atoms with Gasteiger partial charge in [-0.15, -0.1) is 0 Å². The fraction of sp³-hybridized carbons (Fsp3) is 0.571. The molecule has 22 heavy (non-hydrogen) atoms. The van der Waals surface area contributed by atoms with Crippen molar-refractivity contribution in [1.82, 2.24) is 4.31 Å². The zero-order chi connectivity index (χ0) is 16.5. The third kappa shape index (κ3) is 3.44. The summed E-state index contributed by atoms with van der Waals surface area (Å²) in [4.78, 5) is -0.161. The molecule has 2 atom stereocenters. The summed E-state index contributed by atoms with van der Waals surface area (Å²) in [5, 5.41) is 9.21. The van der Waals surface area contributed by atoms with Crippen molar-refractivity contribution >= 4 is 10.0 Å². The van der Waals surface area contributed by atoms with E-state index in [9.17, 15) is 26.7 Å². The highest BCUT2D eigenvalue weighted by Crippen LogP contribution is 2.32. The molecule has 4 nitrogen and oxygen atoms in total. The normalized spacial score (nSPS) is 24.4. The van der Waals surface area contributed by atoms with Gasteiger partial charge in [0.2, 0.25) is 10.0 Å². The molecule has 1 aliphatic heterocycles. The maximum Gasteiger partial charge on any atom is 0.416 e. The molecule has 0 amide bonds. The van der Waals surface area contributed by atoms with Crippen molar-refractivity contribution in [2.45, 2.75) is 36.9 Å². The summed E-state index contributed by atoms with van der Waals surface area (Å²) in [7, 11) is -3.86. The number of nitrogens with zero attached hydrogens (tertiary/aromatic N) is 1. The fourth-order valence-corrected chi connectivity index (χ4v) is 4.32. The van der Waals surface area contributed by atoms with Gasteiger partial charge in [-0.1, -0.05) is 0 Å². The third-order valence-corrected chi connectivity index (χ3v) is 5.96. The number of benzene rings is 1. The molecule has 1 heterocycles. The van der Waals surface area contributed by atoms with Crippen molar-refractivity contribution < 1.29 is 26.7 Å². The second kappa shape index (κ2) is 6.17. The molecule has 0 saturated carbocycles. The Kier molecular flexibility index (Phi) is 4.84. The van der Waals surface area contributed by atoms with Crippen molar-refractivity contribution in [2.75, 3.05) is 13.2 Å². The molecule has 1 aromatic rings. The molecule has 2 unspecified atom stereocenters. The number of aliphatic hydroxyl groups is 1. The summed E-state index contributed by atoms with van der Waals surface area (Å²) in [6.45, 7) is 1.84. The van der Waals surface area contributed by atoms with Crippen LogP contribution in [-0.2, 0) is 16.2 Å². The summed E-state index contributed by atoms with van der Waals surface area (Å²) < 4.78 is 64.1. The van der Waals surface area contributed by atoms with Crippen molar-refractivity contribution in [3.05, 3.63) is 29.8 Å². The molecule has 0 spiro atoms. The largest absolute Gasteiger partial charge is 0.416 e. The molecule has 1 saturated heterocycles. The summed E-state index contributed by atoms with van der Waals surface area (Å²) in [6, 6.07) is 3.26. The number of aliphatic hydroxyl groups excluding tert-OH is 1. The van der Waals surface area contributed by atoms with Gasteiger partial charge >= 0.3 is 6.18 Å². The smallest absolute Gasteiger partial charge is 0.396 e. The van der Waals surface area contributed by atoms with Gasteiger partial charge < -0.3 is 5.11 Å². The second-order valence-corrected chi connectivity index (χ2v) is 7.46. The van der Waals surface area contributed by atoms with E-state index in [1.54, 1.807) is 6.92 Å². The van der Waals surface area contributed by atoms with E-state index < -0.39 is 21.8 Å². The minimum atomic E-state index is -4.50. The van der Waals surface area contributed by atoms with Gasteiger partial charge in [-0.2, -0.15) is 17.5 Å². The Labute approximate surface area is 127 Å². The van der Waals surface area contributed by atoms with Gasteiger partial charge in [-0.05, 0) is 49.9 Å². The molecule has 1 N–H and O–H groups in total. The first-order valence-electron chi connectivity index (χ1n) is 6.96. The molecule has 0 bridgehead atoms. The summed E-state index contributed by atoms with van der Waals surface area (Å²) in [5.74, 6) is -0.138. The minimum Gasteiger partial charge on any atom is -0.396 e. The fourth-order valence-electron chi connectivity index (χ4n) is 2.58. The molecule has 0 aromatic heterocycles. The number of hydrogen-bond donors (Lipinski definition) is 1. The Morgan fingerprint density at radius 2 is 1.82 bits per heavy atom. The highest BCUT2D eigenvalue weighted by atomic mass is 32.2. The third-order valence-electron chi connectivity index (χ3n) is 3.97. The molecular formula is C14H18F3NO3S. The highest BCUT2D eigenvalue weighted by Gasteiger charge is 2.35.